The molecule has 0 unspecified atom stereocenters. The van der Waals surface area contributed by atoms with Crippen LogP contribution in [0.2, 0.25) is 0 Å². The second-order valence-electron chi connectivity index (χ2n) is 4.70. The molecule has 82 valence electrons. The number of rotatable bonds is 2. The van der Waals surface area contributed by atoms with Crippen molar-refractivity contribution in [2.24, 2.45) is 5.92 Å². The van der Waals surface area contributed by atoms with Crippen LogP contribution < -0.4 is 0 Å². The molecule has 1 fully saturated rings. The molecule has 2 rings (SSSR count). The number of Topliss-reactive ketones (excluding diaryl/α,β-unsaturated/α-hetero) is 1. The zero-order valence-corrected chi connectivity index (χ0v) is 9.42. The van der Waals surface area contributed by atoms with E-state index in [0.29, 0.717) is 11.6 Å². The van der Waals surface area contributed by atoms with Gasteiger partial charge in [0.25, 0.3) is 0 Å². The number of aromatic amines is 1. The molecule has 1 aromatic rings. The predicted molar refractivity (Wildman–Crippen MR) is 59.0 cm³/mol. The van der Waals surface area contributed by atoms with Gasteiger partial charge in [-0.15, -0.1) is 0 Å². The minimum atomic E-state index is 0.0675. The SMILES string of the molecule is CC(=O)c1cnc(C2CCC(C)CC2)[nH]1. The average Bonchev–Trinajstić information content (AvgIpc) is 2.68. The van der Waals surface area contributed by atoms with Crippen molar-refractivity contribution >= 4 is 5.78 Å². The summed E-state index contributed by atoms with van der Waals surface area (Å²) in [5.74, 6) is 2.46. The first kappa shape index (κ1) is 10.4. The molecule has 0 aliphatic heterocycles. The Hall–Kier alpha value is -1.12. The van der Waals surface area contributed by atoms with Gasteiger partial charge in [-0.1, -0.05) is 19.8 Å². The Labute approximate surface area is 90.3 Å². The van der Waals surface area contributed by atoms with E-state index in [-0.39, 0.29) is 5.78 Å². The van der Waals surface area contributed by atoms with Crippen molar-refractivity contribution in [1.29, 1.82) is 0 Å². The molecule has 1 aliphatic rings. The van der Waals surface area contributed by atoms with Gasteiger partial charge in [-0.3, -0.25) is 4.79 Å². The Balaban J connectivity index is 2.06. The number of imidazole rings is 1. The van der Waals surface area contributed by atoms with Gasteiger partial charge < -0.3 is 4.98 Å². The third kappa shape index (κ3) is 2.28. The van der Waals surface area contributed by atoms with E-state index < -0.39 is 0 Å². The molecule has 3 heteroatoms. The molecule has 15 heavy (non-hydrogen) atoms. The van der Waals surface area contributed by atoms with Crippen LogP contribution in [0.25, 0.3) is 0 Å². The zero-order chi connectivity index (χ0) is 10.8. The molecule has 0 radical (unpaired) electrons. The van der Waals surface area contributed by atoms with Crippen LogP contribution in [0, 0.1) is 5.92 Å². The molecule has 0 aromatic carbocycles. The van der Waals surface area contributed by atoms with Crippen molar-refractivity contribution in [3.05, 3.63) is 17.7 Å². The average molecular weight is 206 g/mol. The van der Waals surface area contributed by atoms with Crippen LogP contribution in [0.4, 0.5) is 0 Å². The molecule has 1 heterocycles. The molecule has 1 saturated carbocycles. The predicted octanol–water partition coefficient (Wildman–Crippen LogP) is 2.91. The quantitative estimate of drug-likeness (QED) is 0.756. The highest BCUT2D eigenvalue weighted by molar-refractivity contribution is 5.91. The Morgan fingerprint density at radius 3 is 2.60 bits per heavy atom. The molecule has 1 N–H and O–H groups in total. The van der Waals surface area contributed by atoms with Gasteiger partial charge in [-0.25, -0.2) is 4.98 Å². The van der Waals surface area contributed by atoms with Crippen LogP contribution in [0.5, 0.6) is 0 Å². The maximum atomic E-state index is 11.1. The number of ketones is 1. The summed E-state index contributed by atoms with van der Waals surface area (Å²) in [5, 5.41) is 0. The van der Waals surface area contributed by atoms with E-state index in [4.69, 9.17) is 0 Å². The van der Waals surface area contributed by atoms with Crippen molar-refractivity contribution in [3.63, 3.8) is 0 Å². The lowest BCUT2D eigenvalue weighted by atomic mass is 9.83. The standard InChI is InChI=1S/C12H18N2O/c1-8-3-5-10(6-4-8)12-13-7-11(14-12)9(2)15/h7-8,10H,3-6H2,1-2H3,(H,13,14). The van der Waals surface area contributed by atoms with Crippen LogP contribution in [-0.2, 0) is 0 Å². The topological polar surface area (TPSA) is 45.8 Å². The van der Waals surface area contributed by atoms with E-state index in [1.54, 1.807) is 13.1 Å². The van der Waals surface area contributed by atoms with Crippen LogP contribution in [0.15, 0.2) is 6.20 Å². The molecule has 1 aliphatic carbocycles. The van der Waals surface area contributed by atoms with Crippen LogP contribution in [0.1, 0.15) is 61.8 Å². The first-order chi connectivity index (χ1) is 7.16. The van der Waals surface area contributed by atoms with E-state index >= 15 is 0 Å². The fraction of sp³-hybridized carbons (Fsp3) is 0.667. The second-order valence-corrected chi connectivity index (χ2v) is 4.70. The summed E-state index contributed by atoms with van der Waals surface area (Å²) >= 11 is 0. The molecule has 0 atom stereocenters. The van der Waals surface area contributed by atoms with E-state index in [2.05, 4.69) is 16.9 Å². The molecule has 1 aromatic heterocycles. The van der Waals surface area contributed by atoms with Crippen molar-refractivity contribution in [2.45, 2.75) is 45.4 Å². The maximum absolute atomic E-state index is 11.1. The summed E-state index contributed by atoms with van der Waals surface area (Å²) in [6.07, 6.45) is 6.62. The van der Waals surface area contributed by atoms with Gasteiger partial charge in [-0.05, 0) is 18.8 Å². The van der Waals surface area contributed by atoms with Crippen molar-refractivity contribution < 1.29 is 4.79 Å². The lowest BCUT2D eigenvalue weighted by Gasteiger charge is -2.24. The van der Waals surface area contributed by atoms with Gasteiger partial charge in [-0.2, -0.15) is 0 Å². The largest absolute Gasteiger partial charge is 0.339 e. The summed E-state index contributed by atoms with van der Waals surface area (Å²) in [6.45, 7) is 3.87. The van der Waals surface area contributed by atoms with Gasteiger partial charge in [0.1, 0.15) is 11.5 Å². The molecular formula is C12H18N2O. The van der Waals surface area contributed by atoms with E-state index in [1.165, 1.54) is 25.7 Å². The summed E-state index contributed by atoms with van der Waals surface area (Å²) in [4.78, 5) is 18.6. The van der Waals surface area contributed by atoms with Gasteiger partial charge in [0, 0.05) is 12.8 Å². The van der Waals surface area contributed by atoms with Crippen LogP contribution in [0.3, 0.4) is 0 Å². The highest BCUT2D eigenvalue weighted by atomic mass is 16.1. The Bertz CT molecular complexity index is 348. The number of aromatic nitrogens is 2. The summed E-state index contributed by atoms with van der Waals surface area (Å²) < 4.78 is 0. The minimum absolute atomic E-state index is 0.0675. The monoisotopic (exact) mass is 206 g/mol. The third-order valence-electron chi connectivity index (χ3n) is 3.38. The maximum Gasteiger partial charge on any atom is 0.177 e. The first-order valence-electron chi connectivity index (χ1n) is 5.72. The van der Waals surface area contributed by atoms with Gasteiger partial charge in [0.05, 0.1) is 6.20 Å². The fourth-order valence-corrected chi connectivity index (χ4v) is 2.26. The van der Waals surface area contributed by atoms with E-state index in [0.717, 1.165) is 11.7 Å². The molecule has 0 saturated heterocycles. The fourth-order valence-electron chi connectivity index (χ4n) is 2.26. The summed E-state index contributed by atoms with van der Waals surface area (Å²) in [5.41, 5.74) is 0.642. The molecule has 3 nitrogen and oxygen atoms in total. The minimum Gasteiger partial charge on any atom is -0.339 e. The Kier molecular flexibility index (Phi) is 2.89. The lowest BCUT2D eigenvalue weighted by molar-refractivity contribution is 0.101. The van der Waals surface area contributed by atoms with Crippen molar-refractivity contribution in [3.8, 4) is 0 Å². The van der Waals surface area contributed by atoms with Crippen molar-refractivity contribution in [1.82, 2.24) is 9.97 Å². The highest BCUT2D eigenvalue weighted by Gasteiger charge is 2.22. The number of nitrogens with one attached hydrogen (secondary N) is 1. The second kappa shape index (κ2) is 4.17. The highest BCUT2D eigenvalue weighted by Crippen LogP contribution is 2.33. The third-order valence-corrected chi connectivity index (χ3v) is 3.38. The number of hydrogen-bond donors (Lipinski definition) is 1. The molecule has 0 bridgehead atoms. The number of hydrogen-bond acceptors (Lipinski definition) is 2. The Morgan fingerprint density at radius 1 is 1.40 bits per heavy atom. The number of carbonyl (C=O) groups is 1. The van der Waals surface area contributed by atoms with Crippen LogP contribution in [-0.4, -0.2) is 15.8 Å². The van der Waals surface area contributed by atoms with Crippen LogP contribution >= 0.6 is 0 Å². The summed E-state index contributed by atoms with van der Waals surface area (Å²) in [7, 11) is 0. The van der Waals surface area contributed by atoms with Crippen molar-refractivity contribution in [2.75, 3.05) is 0 Å². The number of carbonyl (C=O) groups excluding carboxylic acids is 1. The normalized spacial score (nSPS) is 26.5. The number of H-pyrrole nitrogens is 1. The van der Waals surface area contributed by atoms with Gasteiger partial charge >= 0.3 is 0 Å². The molecular weight excluding hydrogens is 188 g/mol. The van der Waals surface area contributed by atoms with Gasteiger partial charge in [0.2, 0.25) is 0 Å². The van der Waals surface area contributed by atoms with E-state index in [1.807, 2.05) is 0 Å². The van der Waals surface area contributed by atoms with Gasteiger partial charge in [0.15, 0.2) is 5.78 Å². The zero-order valence-electron chi connectivity index (χ0n) is 9.42. The molecule has 0 amide bonds. The first-order valence-corrected chi connectivity index (χ1v) is 5.72. The van der Waals surface area contributed by atoms with E-state index in [9.17, 15) is 4.79 Å². The summed E-state index contributed by atoms with van der Waals surface area (Å²) in [6, 6.07) is 0. The lowest BCUT2D eigenvalue weighted by Crippen LogP contribution is -2.12. The molecule has 0 spiro atoms. The smallest absolute Gasteiger partial charge is 0.177 e. The Morgan fingerprint density at radius 2 is 2.07 bits per heavy atom. The number of nitrogens with zero attached hydrogens (tertiary/aromatic N) is 1.